The first-order chi connectivity index (χ1) is 8.54. The Balaban J connectivity index is 2.65. The molecule has 1 aromatic heterocycles. The highest BCUT2D eigenvalue weighted by Crippen LogP contribution is 2.13. The number of aliphatic carboxylic acids is 1. The van der Waals surface area contributed by atoms with E-state index in [1.54, 1.807) is 25.4 Å². The fraction of sp³-hybridized carbons (Fsp3) is 0.417. The van der Waals surface area contributed by atoms with Gasteiger partial charge in [0.25, 0.3) is 5.91 Å². The van der Waals surface area contributed by atoms with Crippen molar-refractivity contribution in [2.75, 3.05) is 25.5 Å². The van der Waals surface area contributed by atoms with Gasteiger partial charge in [-0.25, -0.2) is 0 Å². The zero-order valence-corrected chi connectivity index (χ0v) is 10.5. The number of anilines is 1. The predicted molar refractivity (Wildman–Crippen MR) is 67.8 cm³/mol. The molecule has 2 N–H and O–H groups in total. The Labute approximate surface area is 106 Å². The van der Waals surface area contributed by atoms with Crippen LogP contribution >= 0.6 is 0 Å². The SMILES string of the molecule is CNC(=O)c1cc(N(C)CCCC(=O)O)ccn1. The molecule has 1 heterocycles. The van der Waals surface area contributed by atoms with Crippen molar-refractivity contribution in [3.63, 3.8) is 0 Å². The first-order valence-corrected chi connectivity index (χ1v) is 5.65. The van der Waals surface area contributed by atoms with E-state index < -0.39 is 5.97 Å². The second-order valence-corrected chi connectivity index (χ2v) is 3.90. The number of aromatic nitrogens is 1. The number of amides is 1. The maximum Gasteiger partial charge on any atom is 0.303 e. The minimum Gasteiger partial charge on any atom is -0.481 e. The van der Waals surface area contributed by atoms with Crippen LogP contribution < -0.4 is 10.2 Å². The van der Waals surface area contributed by atoms with Crippen molar-refractivity contribution in [3.05, 3.63) is 24.0 Å². The van der Waals surface area contributed by atoms with Crippen molar-refractivity contribution in [1.82, 2.24) is 10.3 Å². The number of carbonyl (C=O) groups is 2. The summed E-state index contributed by atoms with van der Waals surface area (Å²) in [7, 11) is 3.40. The van der Waals surface area contributed by atoms with Gasteiger partial charge in [-0.2, -0.15) is 0 Å². The molecule has 1 aromatic rings. The van der Waals surface area contributed by atoms with E-state index >= 15 is 0 Å². The molecule has 0 unspecified atom stereocenters. The highest BCUT2D eigenvalue weighted by Gasteiger charge is 2.08. The lowest BCUT2D eigenvalue weighted by Crippen LogP contribution is -2.22. The Hall–Kier alpha value is -2.11. The molecule has 1 rings (SSSR count). The molecule has 0 aliphatic carbocycles. The Morgan fingerprint density at radius 3 is 2.83 bits per heavy atom. The van der Waals surface area contributed by atoms with Crippen LogP contribution in [0.25, 0.3) is 0 Å². The maximum atomic E-state index is 11.4. The number of rotatable bonds is 6. The fourth-order valence-electron chi connectivity index (χ4n) is 1.51. The van der Waals surface area contributed by atoms with E-state index in [0.29, 0.717) is 18.7 Å². The number of nitrogens with zero attached hydrogens (tertiary/aromatic N) is 2. The smallest absolute Gasteiger partial charge is 0.303 e. The lowest BCUT2D eigenvalue weighted by atomic mass is 10.2. The van der Waals surface area contributed by atoms with Crippen molar-refractivity contribution in [3.8, 4) is 0 Å². The van der Waals surface area contributed by atoms with E-state index in [2.05, 4.69) is 10.3 Å². The van der Waals surface area contributed by atoms with E-state index in [1.807, 2.05) is 11.9 Å². The average molecular weight is 251 g/mol. The van der Waals surface area contributed by atoms with Gasteiger partial charge < -0.3 is 15.3 Å². The predicted octanol–water partition coefficient (Wildman–Crippen LogP) is 0.742. The lowest BCUT2D eigenvalue weighted by molar-refractivity contribution is -0.137. The molecule has 18 heavy (non-hydrogen) atoms. The number of nitrogens with one attached hydrogen (secondary N) is 1. The van der Waals surface area contributed by atoms with Gasteiger partial charge in [-0.1, -0.05) is 0 Å². The largest absolute Gasteiger partial charge is 0.481 e. The molecule has 0 aliphatic heterocycles. The van der Waals surface area contributed by atoms with Gasteiger partial charge in [-0.15, -0.1) is 0 Å². The van der Waals surface area contributed by atoms with Crippen molar-refractivity contribution < 1.29 is 14.7 Å². The van der Waals surface area contributed by atoms with Gasteiger partial charge in [0.1, 0.15) is 5.69 Å². The van der Waals surface area contributed by atoms with Crippen molar-refractivity contribution in [1.29, 1.82) is 0 Å². The first kappa shape index (κ1) is 14.0. The molecule has 0 fully saturated rings. The molecule has 0 saturated heterocycles. The summed E-state index contributed by atoms with van der Waals surface area (Å²) in [5.41, 5.74) is 1.19. The molecule has 6 heteroatoms. The van der Waals surface area contributed by atoms with Crippen LogP contribution in [0.5, 0.6) is 0 Å². The molecule has 0 aromatic carbocycles. The van der Waals surface area contributed by atoms with Crippen LogP contribution in [-0.2, 0) is 4.79 Å². The molecule has 0 radical (unpaired) electrons. The molecule has 6 nitrogen and oxygen atoms in total. The third-order valence-electron chi connectivity index (χ3n) is 2.53. The van der Waals surface area contributed by atoms with Crippen LogP contribution in [-0.4, -0.2) is 42.6 Å². The summed E-state index contributed by atoms with van der Waals surface area (Å²) >= 11 is 0. The third kappa shape index (κ3) is 4.04. The molecule has 0 aliphatic rings. The van der Waals surface area contributed by atoms with Gasteiger partial charge in [0, 0.05) is 38.9 Å². The molecule has 0 atom stereocenters. The first-order valence-electron chi connectivity index (χ1n) is 5.65. The number of carboxylic acids is 1. The normalized spacial score (nSPS) is 9.89. The van der Waals surface area contributed by atoms with Crippen LogP contribution in [0.2, 0.25) is 0 Å². The minimum absolute atomic E-state index is 0.137. The third-order valence-corrected chi connectivity index (χ3v) is 2.53. The van der Waals surface area contributed by atoms with Crippen LogP contribution in [0, 0.1) is 0 Å². The highest BCUT2D eigenvalue weighted by atomic mass is 16.4. The molecule has 98 valence electrons. The summed E-state index contributed by atoms with van der Waals surface area (Å²) < 4.78 is 0. The fourth-order valence-corrected chi connectivity index (χ4v) is 1.51. The Bertz CT molecular complexity index is 434. The van der Waals surface area contributed by atoms with Gasteiger partial charge in [0.2, 0.25) is 0 Å². The van der Waals surface area contributed by atoms with Crippen LogP contribution in [0.15, 0.2) is 18.3 Å². The molecule has 1 amide bonds. The van der Waals surface area contributed by atoms with Crippen LogP contribution in [0.1, 0.15) is 23.3 Å². The zero-order valence-electron chi connectivity index (χ0n) is 10.5. The Morgan fingerprint density at radius 1 is 1.50 bits per heavy atom. The average Bonchev–Trinajstić information content (AvgIpc) is 2.37. The number of carboxylic acid groups (broad SMARTS) is 1. The van der Waals surface area contributed by atoms with Crippen molar-refractivity contribution in [2.24, 2.45) is 0 Å². The second-order valence-electron chi connectivity index (χ2n) is 3.90. The van der Waals surface area contributed by atoms with Gasteiger partial charge in [-0.3, -0.25) is 14.6 Å². The van der Waals surface area contributed by atoms with E-state index in [1.165, 1.54) is 0 Å². The Morgan fingerprint density at radius 2 is 2.22 bits per heavy atom. The summed E-state index contributed by atoms with van der Waals surface area (Å²) in [6, 6.07) is 3.47. The summed E-state index contributed by atoms with van der Waals surface area (Å²) in [6.07, 6.45) is 2.26. The van der Waals surface area contributed by atoms with Gasteiger partial charge in [-0.05, 0) is 18.6 Å². The van der Waals surface area contributed by atoms with E-state index in [4.69, 9.17) is 5.11 Å². The number of carbonyl (C=O) groups excluding carboxylic acids is 1. The van der Waals surface area contributed by atoms with E-state index in [-0.39, 0.29) is 12.3 Å². The van der Waals surface area contributed by atoms with Crippen LogP contribution in [0.4, 0.5) is 5.69 Å². The van der Waals surface area contributed by atoms with Gasteiger partial charge in [0.05, 0.1) is 0 Å². The molecule has 0 bridgehead atoms. The molecule has 0 saturated carbocycles. The maximum absolute atomic E-state index is 11.4. The Kier molecular flexibility index (Phi) is 5.10. The lowest BCUT2D eigenvalue weighted by Gasteiger charge is -2.19. The monoisotopic (exact) mass is 251 g/mol. The van der Waals surface area contributed by atoms with Crippen LogP contribution in [0.3, 0.4) is 0 Å². The second kappa shape index (κ2) is 6.58. The van der Waals surface area contributed by atoms with Gasteiger partial charge in [0.15, 0.2) is 0 Å². The molecular formula is C12H17N3O3. The summed E-state index contributed by atoms with van der Waals surface area (Å²) in [5.74, 6) is -1.04. The molecule has 0 spiro atoms. The quantitative estimate of drug-likeness (QED) is 0.779. The highest BCUT2D eigenvalue weighted by molar-refractivity contribution is 5.92. The van der Waals surface area contributed by atoms with Crippen molar-refractivity contribution >= 4 is 17.6 Å². The minimum atomic E-state index is -0.802. The standard InChI is InChI=1S/C12H17N3O3/c1-13-12(18)10-8-9(5-6-14-10)15(2)7-3-4-11(16)17/h5-6,8H,3-4,7H2,1-2H3,(H,13,18)(H,16,17). The van der Waals surface area contributed by atoms with E-state index in [9.17, 15) is 9.59 Å². The summed E-state index contributed by atoms with van der Waals surface area (Å²) in [6.45, 7) is 0.615. The topological polar surface area (TPSA) is 82.5 Å². The van der Waals surface area contributed by atoms with Crippen molar-refractivity contribution in [2.45, 2.75) is 12.8 Å². The number of hydrogen-bond donors (Lipinski definition) is 2. The van der Waals surface area contributed by atoms with E-state index in [0.717, 1.165) is 5.69 Å². The summed E-state index contributed by atoms with van der Waals surface area (Å²) in [4.78, 5) is 27.7. The summed E-state index contributed by atoms with van der Waals surface area (Å²) in [5, 5.41) is 11.1. The number of pyridine rings is 1. The van der Waals surface area contributed by atoms with Gasteiger partial charge >= 0.3 is 5.97 Å². The zero-order chi connectivity index (χ0) is 13.5. The number of hydrogen-bond acceptors (Lipinski definition) is 4. The molecular weight excluding hydrogens is 234 g/mol.